The van der Waals surface area contributed by atoms with Crippen LogP contribution in [0.2, 0.25) is 0 Å². The van der Waals surface area contributed by atoms with E-state index in [1.54, 1.807) is 24.1 Å². The number of carbonyl (C=O) groups excluding carboxylic acids is 3. The summed E-state index contributed by atoms with van der Waals surface area (Å²) in [5.41, 5.74) is 2.32. The number of rotatable bonds is 10. The lowest BCUT2D eigenvalue weighted by Gasteiger charge is -2.19. The number of aromatic nitrogens is 2. The summed E-state index contributed by atoms with van der Waals surface area (Å²) in [6, 6.07) is 9.20. The number of amides is 3. The highest BCUT2D eigenvalue weighted by Gasteiger charge is 2.23. The molecule has 1 aliphatic heterocycles. The molecule has 9 nitrogen and oxygen atoms in total. The molecule has 0 radical (unpaired) electrons. The molecule has 38 heavy (non-hydrogen) atoms. The van der Waals surface area contributed by atoms with Crippen LogP contribution in [0.3, 0.4) is 0 Å². The van der Waals surface area contributed by atoms with E-state index in [2.05, 4.69) is 5.32 Å². The number of aliphatic hydroxyl groups excluding tert-OH is 1. The van der Waals surface area contributed by atoms with Gasteiger partial charge in [-0.05, 0) is 61.9 Å². The zero-order valence-corrected chi connectivity index (χ0v) is 22.6. The Morgan fingerprint density at radius 2 is 1.97 bits per heavy atom. The number of aliphatic hydroxyl groups is 1. The Morgan fingerprint density at radius 1 is 1.16 bits per heavy atom. The summed E-state index contributed by atoms with van der Waals surface area (Å²) in [4.78, 5) is 47.5. The van der Waals surface area contributed by atoms with Crippen LogP contribution < -0.4 is 10.2 Å². The average Bonchev–Trinajstić information content (AvgIpc) is 3.72. The lowest BCUT2D eigenvalue weighted by molar-refractivity contribution is -0.127. The molecule has 1 saturated heterocycles. The van der Waals surface area contributed by atoms with Crippen molar-refractivity contribution in [1.29, 1.82) is 0 Å². The van der Waals surface area contributed by atoms with E-state index in [-0.39, 0.29) is 24.3 Å². The quantitative estimate of drug-likeness (QED) is 0.399. The predicted octanol–water partition coefficient (Wildman–Crippen LogP) is 4.40. The van der Waals surface area contributed by atoms with Crippen LogP contribution in [0.5, 0.6) is 0 Å². The lowest BCUT2D eigenvalue weighted by Crippen LogP contribution is -2.27. The average molecular weight is 538 g/mol. The molecule has 2 aromatic heterocycles. The second kappa shape index (κ2) is 11.7. The highest BCUT2D eigenvalue weighted by atomic mass is 32.1. The molecule has 1 aromatic carbocycles. The number of nitrogens with one attached hydrogen (secondary N) is 1. The topological polar surface area (TPSA) is 108 Å². The summed E-state index contributed by atoms with van der Waals surface area (Å²) >= 11 is 1.24. The molecule has 0 spiro atoms. The maximum Gasteiger partial charge on any atom is 0.268 e. The number of hydrogen-bond donors (Lipinski definition) is 2. The van der Waals surface area contributed by atoms with Gasteiger partial charge in [0.2, 0.25) is 17.8 Å². The van der Waals surface area contributed by atoms with Crippen molar-refractivity contribution in [3.8, 4) is 0 Å². The first-order valence-electron chi connectivity index (χ1n) is 13.5. The van der Waals surface area contributed by atoms with Gasteiger partial charge in [0, 0.05) is 50.1 Å². The van der Waals surface area contributed by atoms with Crippen LogP contribution >= 0.6 is 11.3 Å². The molecular formula is C28H35N5O4S. The predicted molar refractivity (Wildman–Crippen MR) is 148 cm³/mol. The SMILES string of the molecule is CN(C(=O)CC1CCCC1)c1ccc2c(c1)nc(NC(=O)c1ccc(CO)s1)n2CCCN1CCCC1=O. The number of anilines is 2. The van der Waals surface area contributed by atoms with Crippen molar-refractivity contribution < 1.29 is 19.5 Å². The number of aryl methyl sites for hydroxylation is 1. The third kappa shape index (κ3) is 5.76. The monoisotopic (exact) mass is 537 g/mol. The van der Waals surface area contributed by atoms with E-state index in [4.69, 9.17) is 4.98 Å². The van der Waals surface area contributed by atoms with Crippen LogP contribution in [0.1, 0.15) is 65.9 Å². The number of imidazole rings is 1. The molecule has 5 rings (SSSR count). The van der Waals surface area contributed by atoms with Crippen molar-refractivity contribution >= 4 is 51.7 Å². The first-order chi connectivity index (χ1) is 18.4. The van der Waals surface area contributed by atoms with E-state index in [1.165, 1.54) is 24.2 Å². The summed E-state index contributed by atoms with van der Waals surface area (Å²) < 4.78 is 1.97. The van der Waals surface area contributed by atoms with Gasteiger partial charge in [0.25, 0.3) is 5.91 Å². The molecular weight excluding hydrogens is 502 g/mol. The van der Waals surface area contributed by atoms with Crippen LogP contribution in [0.15, 0.2) is 30.3 Å². The van der Waals surface area contributed by atoms with Gasteiger partial charge < -0.3 is 19.5 Å². The van der Waals surface area contributed by atoms with Crippen LogP contribution in [-0.4, -0.2) is 57.4 Å². The van der Waals surface area contributed by atoms with E-state index in [1.807, 2.05) is 27.7 Å². The third-order valence-electron chi connectivity index (χ3n) is 7.68. The van der Waals surface area contributed by atoms with E-state index in [9.17, 15) is 19.5 Å². The Kier molecular flexibility index (Phi) is 8.09. The fourth-order valence-corrected chi connectivity index (χ4v) is 6.26. The molecule has 3 heterocycles. The van der Waals surface area contributed by atoms with Gasteiger partial charge in [0.1, 0.15) is 0 Å². The smallest absolute Gasteiger partial charge is 0.268 e. The molecule has 202 valence electrons. The van der Waals surface area contributed by atoms with Crippen molar-refractivity contribution in [3.63, 3.8) is 0 Å². The summed E-state index contributed by atoms with van der Waals surface area (Å²) in [7, 11) is 1.81. The van der Waals surface area contributed by atoms with Crippen molar-refractivity contribution in [2.75, 3.05) is 30.4 Å². The molecule has 0 atom stereocenters. The third-order valence-corrected chi connectivity index (χ3v) is 8.75. The van der Waals surface area contributed by atoms with E-state index in [0.717, 1.165) is 43.4 Å². The van der Waals surface area contributed by atoms with Gasteiger partial charge in [0.05, 0.1) is 22.5 Å². The molecule has 0 bridgehead atoms. The summed E-state index contributed by atoms with van der Waals surface area (Å²) in [5.74, 6) is 0.915. The minimum absolute atomic E-state index is 0.108. The first-order valence-corrected chi connectivity index (χ1v) is 14.3. The number of hydrogen-bond acceptors (Lipinski definition) is 6. The van der Waals surface area contributed by atoms with Gasteiger partial charge in [-0.25, -0.2) is 4.98 Å². The largest absolute Gasteiger partial charge is 0.391 e. The first kappa shape index (κ1) is 26.4. The number of carbonyl (C=O) groups is 3. The Morgan fingerprint density at radius 3 is 2.68 bits per heavy atom. The molecule has 3 aromatic rings. The minimum atomic E-state index is -0.287. The van der Waals surface area contributed by atoms with Crippen molar-refractivity contribution in [2.45, 2.75) is 64.5 Å². The second-order valence-corrected chi connectivity index (χ2v) is 11.5. The molecule has 1 saturated carbocycles. The van der Waals surface area contributed by atoms with E-state index in [0.29, 0.717) is 53.1 Å². The molecule has 2 N–H and O–H groups in total. The summed E-state index contributed by atoms with van der Waals surface area (Å²) in [5, 5.41) is 12.3. The van der Waals surface area contributed by atoms with Crippen molar-refractivity contribution in [1.82, 2.24) is 14.5 Å². The van der Waals surface area contributed by atoms with Crippen LogP contribution in [0, 0.1) is 5.92 Å². The Labute approximate surface area is 226 Å². The van der Waals surface area contributed by atoms with Crippen LogP contribution in [0.4, 0.5) is 11.6 Å². The van der Waals surface area contributed by atoms with Crippen LogP contribution in [-0.2, 0) is 22.7 Å². The highest BCUT2D eigenvalue weighted by molar-refractivity contribution is 7.14. The van der Waals surface area contributed by atoms with Gasteiger partial charge in [-0.3, -0.25) is 19.7 Å². The molecule has 1 aliphatic carbocycles. The number of likely N-dealkylation sites (tertiary alicyclic amines) is 1. The van der Waals surface area contributed by atoms with E-state index >= 15 is 0 Å². The fourth-order valence-electron chi connectivity index (χ4n) is 5.50. The van der Waals surface area contributed by atoms with E-state index < -0.39 is 0 Å². The number of fused-ring (bicyclic) bond motifs is 1. The van der Waals surface area contributed by atoms with Crippen molar-refractivity contribution in [2.24, 2.45) is 5.92 Å². The maximum absolute atomic E-state index is 13.0. The molecule has 10 heteroatoms. The highest BCUT2D eigenvalue weighted by Crippen LogP contribution is 2.30. The molecule has 2 aliphatic rings. The standard InChI is InChI=1S/C28H35N5O4S/c1-31(26(36)16-19-6-2-3-7-19)20-9-11-23-22(17-20)29-28(30-27(37)24-12-10-21(18-34)38-24)33(23)15-5-14-32-13-4-8-25(32)35/h9-12,17,19,34H,2-8,13-16,18H2,1H3,(H,29,30,37). The lowest BCUT2D eigenvalue weighted by atomic mass is 10.0. The van der Waals surface area contributed by atoms with Gasteiger partial charge in [-0.15, -0.1) is 11.3 Å². The number of thiophene rings is 1. The normalized spacial score (nSPS) is 16.1. The summed E-state index contributed by atoms with van der Waals surface area (Å²) in [6.07, 6.45) is 7.47. The minimum Gasteiger partial charge on any atom is -0.391 e. The number of nitrogens with zero attached hydrogens (tertiary/aromatic N) is 4. The molecule has 3 amide bonds. The van der Waals surface area contributed by atoms with Gasteiger partial charge in [-0.2, -0.15) is 0 Å². The summed E-state index contributed by atoms with van der Waals surface area (Å²) in [6.45, 7) is 1.93. The molecule has 0 unspecified atom stereocenters. The Balaban J connectivity index is 1.37. The van der Waals surface area contributed by atoms with Gasteiger partial charge >= 0.3 is 0 Å². The fraction of sp³-hybridized carbons (Fsp3) is 0.500. The van der Waals surface area contributed by atoms with Crippen molar-refractivity contribution in [3.05, 3.63) is 40.1 Å². The maximum atomic E-state index is 13.0. The zero-order valence-electron chi connectivity index (χ0n) is 21.8. The van der Waals surface area contributed by atoms with Gasteiger partial charge in [-0.1, -0.05) is 12.8 Å². The Hall–Kier alpha value is -3.24. The Bertz CT molecular complexity index is 1330. The number of benzene rings is 1. The molecule has 2 fully saturated rings. The van der Waals surface area contributed by atoms with Crippen LogP contribution in [0.25, 0.3) is 11.0 Å². The second-order valence-electron chi connectivity index (χ2n) is 10.3. The van der Waals surface area contributed by atoms with Gasteiger partial charge in [0.15, 0.2) is 0 Å². The zero-order chi connectivity index (χ0) is 26.6.